The number of nitriles is 1. The molecule has 0 aromatic heterocycles. The Balaban J connectivity index is 2.75. The van der Waals surface area contributed by atoms with Crippen LogP contribution in [0.4, 0.5) is 0 Å². The summed E-state index contributed by atoms with van der Waals surface area (Å²) in [6.07, 6.45) is 2.07. The molecule has 0 spiro atoms. The summed E-state index contributed by atoms with van der Waals surface area (Å²) in [5.41, 5.74) is 1.62. The standard InChI is InChI=1S/C11H11NOS/c12-8-4-3-6-9-5-1-2-7-10(9)11(13)14/h1-2,5,7H,3-4,6H2,(H,13,14). The van der Waals surface area contributed by atoms with Crippen molar-refractivity contribution in [2.24, 2.45) is 0 Å². The van der Waals surface area contributed by atoms with Gasteiger partial charge in [-0.3, -0.25) is 4.79 Å². The fraction of sp³-hybridized carbons (Fsp3) is 0.273. The van der Waals surface area contributed by atoms with Gasteiger partial charge in [-0.2, -0.15) is 5.26 Å². The molecule has 0 radical (unpaired) electrons. The van der Waals surface area contributed by atoms with Gasteiger partial charge in [-0.15, -0.1) is 12.6 Å². The van der Waals surface area contributed by atoms with Crippen molar-refractivity contribution in [1.29, 1.82) is 5.26 Å². The van der Waals surface area contributed by atoms with E-state index in [0.29, 0.717) is 12.0 Å². The zero-order valence-corrected chi connectivity index (χ0v) is 8.63. The molecule has 0 bridgehead atoms. The molecule has 0 aliphatic carbocycles. The van der Waals surface area contributed by atoms with Crippen molar-refractivity contribution in [3.05, 3.63) is 35.4 Å². The highest BCUT2D eigenvalue weighted by Crippen LogP contribution is 2.13. The number of aryl methyl sites for hydroxylation is 1. The molecule has 0 amide bonds. The third-order valence-corrected chi connectivity index (χ3v) is 2.22. The normalized spacial score (nSPS) is 9.43. The molecule has 0 fully saturated rings. The maximum absolute atomic E-state index is 11.1. The lowest BCUT2D eigenvalue weighted by atomic mass is 10.0. The molecule has 0 unspecified atom stereocenters. The Hall–Kier alpha value is -1.27. The van der Waals surface area contributed by atoms with Crippen LogP contribution >= 0.6 is 12.6 Å². The molecule has 1 rings (SSSR count). The minimum Gasteiger partial charge on any atom is -0.282 e. The molecule has 14 heavy (non-hydrogen) atoms. The molecular formula is C11H11NOS. The van der Waals surface area contributed by atoms with Gasteiger partial charge in [0.15, 0.2) is 0 Å². The second-order valence-corrected chi connectivity index (χ2v) is 3.38. The molecule has 0 saturated carbocycles. The third kappa shape index (κ3) is 2.90. The van der Waals surface area contributed by atoms with E-state index in [9.17, 15) is 4.79 Å². The molecule has 0 aliphatic heterocycles. The molecule has 0 atom stereocenters. The highest BCUT2D eigenvalue weighted by molar-refractivity contribution is 7.97. The molecule has 1 aromatic rings. The quantitative estimate of drug-likeness (QED) is 0.606. The van der Waals surface area contributed by atoms with Gasteiger partial charge in [-0.25, -0.2) is 0 Å². The Morgan fingerprint density at radius 3 is 2.79 bits per heavy atom. The Kier molecular flexibility index (Phi) is 4.21. The summed E-state index contributed by atoms with van der Waals surface area (Å²) in [6, 6.07) is 9.45. The number of unbranched alkanes of at least 4 members (excludes halogenated alkanes) is 1. The van der Waals surface area contributed by atoms with Gasteiger partial charge in [0, 0.05) is 12.0 Å². The lowest BCUT2D eigenvalue weighted by Gasteiger charge is -2.03. The van der Waals surface area contributed by atoms with Gasteiger partial charge < -0.3 is 0 Å². The minimum atomic E-state index is -0.211. The van der Waals surface area contributed by atoms with E-state index in [0.717, 1.165) is 18.4 Å². The predicted molar refractivity (Wildman–Crippen MR) is 58.3 cm³/mol. The van der Waals surface area contributed by atoms with Crippen LogP contribution in [-0.2, 0) is 6.42 Å². The van der Waals surface area contributed by atoms with Gasteiger partial charge in [0.25, 0.3) is 0 Å². The Labute approximate surface area is 89.0 Å². The van der Waals surface area contributed by atoms with E-state index in [1.165, 1.54) is 0 Å². The summed E-state index contributed by atoms with van der Waals surface area (Å²) >= 11 is 3.80. The van der Waals surface area contributed by atoms with Crippen LogP contribution in [0.1, 0.15) is 28.8 Å². The average Bonchev–Trinajstić information content (AvgIpc) is 2.19. The Bertz CT molecular complexity index is 368. The van der Waals surface area contributed by atoms with Crippen LogP contribution in [-0.4, -0.2) is 5.12 Å². The van der Waals surface area contributed by atoms with Crippen LogP contribution in [0.3, 0.4) is 0 Å². The summed E-state index contributed by atoms with van der Waals surface area (Å²) in [7, 11) is 0. The van der Waals surface area contributed by atoms with Crippen molar-refractivity contribution in [1.82, 2.24) is 0 Å². The first-order chi connectivity index (χ1) is 6.75. The smallest absolute Gasteiger partial charge is 0.216 e. The van der Waals surface area contributed by atoms with Crippen molar-refractivity contribution < 1.29 is 4.79 Å². The Morgan fingerprint density at radius 2 is 2.14 bits per heavy atom. The highest BCUT2D eigenvalue weighted by atomic mass is 32.1. The monoisotopic (exact) mass is 205 g/mol. The summed E-state index contributed by atoms with van der Waals surface area (Å²) in [5, 5.41) is 8.18. The van der Waals surface area contributed by atoms with Crippen LogP contribution in [0, 0.1) is 11.3 Å². The zero-order valence-electron chi connectivity index (χ0n) is 7.73. The third-order valence-electron chi connectivity index (χ3n) is 1.98. The Morgan fingerprint density at radius 1 is 1.43 bits per heavy atom. The second-order valence-electron chi connectivity index (χ2n) is 2.97. The fourth-order valence-corrected chi connectivity index (χ4v) is 1.52. The van der Waals surface area contributed by atoms with E-state index in [-0.39, 0.29) is 5.12 Å². The minimum absolute atomic E-state index is 0.211. The molecule has 0 heterocycles. The number of carbonyl (C=O) groups excluding carboxylic acids is 1. The number of hydrogen-bond acceptors (Lipinski definition) is 2. The number of thiol groups is 1. The van der Waals surface area contributed by atoms with Gasteiger partial charge in [0.2, 0.25) is 5.12 Å². The van der Waals surface area contributed by atoms with Crippen LogP contribution in [0.2, 0.25) is 0 Å². The molecular weight excluding hydrogens is 194 g/mol. The number of benzene rings is 1. The largest absolute Gasteiger partial charge is 0.282 e. The van der Waals surface area contributed by atoms with Crippen molar-refractivity contribution in [2.75, 3.05) is 0 Å². The molecule has 72 valence electrons. The van der Waals surface area contributed by atoms with E-state index in [4.69, 9.17) is 5.26 Å². The number of hydrogen-bond donors (Lipinski definition) is 1. The van der Waals surface area contributed by atoms with Crippen LogP contribution in [0.15, 0.2) is 24.3 Å². The lowest BCUT2D eigenvalue weighted by molar-refractivity contribution is 0.109. The van der Waals surface area contributed by atoms with Gasteiger partial charge in [0.1, 0.15) is 0 Å². The van der Waals surface area contributed by atoms with Crippen molar-refractivity contribution in [3.8, 4) is 6.07 Å². The van der Waals surface area contributed by atoms with E-state index in [2.05, 4.69) is 18.7 Å². The van der Waals surface area contributed by atoms with Gasteiger partial charge in [0.05, 0.1) is 6.07 Å². The molecule has 1 aromatic carbocycles. The predicted octanol–water partition coefficient (Wildman–Crippen LogP) is 2.60. The van der Waals surface area contributed by atoms with E-state index in [1.54, 1.807) is 6.07 Å². The van der Waals surface area contributed by atoms with E-state index in [1.807, 2.05) is 18.2 Å². The van der Waals surface area contributed by atoms with Gasteiger partial charge in [-0.1, -0.05) is 24.3 Å². The first-order valence-electron chi connectivity index (χ1n) is 4.44. The number of rotatable bonds is 4. The lowest BCUT2D eigenvalue weighted by Crippen LogP contribution is -1.97. The SMILES string of the molecule is N#CCCCc1ccccc1C(=O)S. The molecule has 0 aliphatic rings. The van der Waals surface area contributed by atoms with Crippen LogP contribution in [0.5, 0.6) is 0 Å². The topological polar surface area (TPSA) is 40.9 Å². The summed E-state index contributed by atoms with van der Waals surface area (Å²) in [4.78, 5) is 11.1. The number of nitrogens with zero attached hydrogens (tertiary/aromatic N) is 1. The first-order valence-corrected chi connectivity index (χ1v) is 4.88. The second kappa shape index (κ2) is 5.46. The summed E-state index contributed by atoms with van der Waals surface area (Å²) < 4.78 is 0. The molecule has 0 saturated heterocycles. The van der Waals surface area contributed by atoms with Crippen molar-refractivity contribution in [3.63, 3.8) is 0 Å². The van der Waals surface area contributed by atoms with E-state index < -0.39 is 0 Å². The maximum atomic E-state index is 11.1. The first kappa shape index (κ1) is 10.8. The highest BCUT2D eigenvalue weighted by Gasteiger charge is 2.05. The summed E-state index contributed by atoms with van der Waals surface area (Å²) in [5.74, 6) is 0. The fourth-order valence-electron chi connectivity index (χ4n) is 1.30. The molecule has 0 N–H and O–H groups in total. The number of carbonyl (C=O) groups is 1. The zero-order chi connectivity index (χ0) is 10.4. The van der Waals surface area contributed by atoms with Gasteiger partial charge >= 0.3 is 0 Å². The average molecular weight is 205 g/mol. The van der Waals surface area contributed by atoms with Crippen molar-refractivity contribution in [2.45, 2.75) is 19.3 Å². The van der Waals surface area contributed by atoms with Crippen molar-refractivity contribution >= 4 is 17.7 Å². The molecule has 2 nitrogen and oxygen atoms in total. The maximum Gasteiger partial charge on any atom is 0.216 e. The van der Waals surface area contributed by atoms with E-state index >= 15 is 0 Å². The molecule has 3 heteroatoms. The summed E-state index contributed by atoms with van der Waals surface area (Å²) in [6.45, 7) is 0. The van der Waals surface area contributed by atoms with Crippen LogP contribution < -0.4 is 0 Å². The van der Waals surface area contributed by atoms with Gasteiger partial charge in [-0.05, 0) is 18.4 Å². The van der Waals surface area contributed by atoms with Crippen LogP contribution in [0.25, 0.3) is 0 Å².